The number of nitrogens with one attached hydrogen (secondary N) is 2. The highest BCUT2D eigenvalue weighted by atomic mass is 16.5. The van der Waals surface area contributed by atoms with Crippen molar-refractivity contribution in [2.45, 2.75) is 70.4 Å². The molecule has 0 radical (unpaired) electrons. The molecule has 2 aromatic rings. The highest BCUT2D eigenvalue weighted by Gasteiger charge is 2.72. The van der Waals surface area contributed by atoms with Gasteiger partial charge in [0.05, 0.1) is 17.9 Å². The maximum absolute atomic E-state index is 14.2. The number of anilines is 1. The van der Waals surface area contributed by atoms with E-state index in [0.29, 0.717) is 17.5 Å². The zero-order valence-electron chi connectivity index (χ0n) is 22.8. The fourth-order valence-corrected chi connectivity index (χ4v) is 7.21. The quantitative estimate of drug-likeness (QED) is 0.551. The summed E-state index contributed by atoms with van der Waals surface area (Å²) in [7, 11) is 0. The Bertz CT molecular complexity index is 1310. The molecule has 204 valence electrons. The average Bonchev–Trinajstić information content (AvgIpc) is 3.55. The van der Waals surface area contributed by atoms with Crippen molar-refractivity contribution in [2.75, 3.05) is 5.32 Å². The summed E-state index contributed by atoms with van der Waals surface area (Å²) >= 11 is 0. The minimum absolute atomic E-state index is 0.0494. The fraction of sp³-hybridized carbons (Fsp3) is 0.469. The number of benzene rings is 2. The van der Waals surface area contributed by atoms with Crippen molar-refractivity contribution in [1.29, 1.82) is 0 Å². The zero-order valence-corrected chi connectivity index (χ0v) is 22.8. The van der Waals surface area contributed by atoms with Gasteiger partial charge in [-0.05, 0) is 48.4 Å². The van der Waals surface area contributed by atoms with Gasteiger partial charge in [0, 0.05) is 18.3 Å². The van der Waals surface area contributed by atoms with Gasteiger partial charge in [-0.2, -0.15) is 0 Å². The van der Waals surface area contributed by atoms with Crippen LogP contribution in [0.5, 0.6) is 0 Å². The largest absolute Gasteiger partial charge is 0.359 e. The van der Waals surface area contributed by atoms with Crippen molar-refractivity contribution in [3.63, 3.8) is 0 Å². The molecule has 2 saturated heterocycles. The SMILES string of the molecule is Cc1cccc(NC(=O)[C@H]2[C@H]3C=C[C@@]4(O3)[C@H]2C(=O)N(Cc2ccccc2)[C@@H]4C(=O)N[C@@H]2CCC[C@H](C)[C@H]2C)c1. The number of nitrogens with zero attached hydrogens (tertiary/aromatic N) is 1. The molecule has 1 saturated carbocycles. The number of ether oxygens (including phenoxy) is 1. The Morgan fingerprint density at radius 2 is 1.85 bits per heavy atom. The summed E-state index contributed by atoms with van der Waals surface area (Å²) in [4.78, 5) is 43.6. The van der Waals surface area contributed by atoms with Crippen LogP contribution >= 0.6 is 0 Å². The molecule has 3 fully saturated rings. The molecule has 4 aliphatic rings. The van der Waals surface area contributed by atoms with E-state index in [1.165, 1.54) is 0 Å². The molecule has 8 atom stereocenters. The van der Waals surface area contributed by atoms with E-state index in [0.717, 1.165) is 30.4 Å². The summed E-state index contributed by atoms with van der Waals surface area (Å²) in [5, 5.41) is 6.31. The molecule has 0 unspecified atom stereocenters. The van der Waals surface area contributed by atoms with Crippen molar-refractivity contribution < 1.29 is 19.1 Å². The van der Waals surface area contributed by atoms with Gasteiger partial charge >= 0.3 is 0 Å². The van der Waals surface area contributed by atoms with Gasteiger partial charge in [-0.1, -0.05) is 81.3 Å². The number of rotatable bonds is 6. The lowest BCUT2D eigenvalue weighted by molar-refractivity contribution is -0.142. The smallest absolute Gasteiger partial charge is 0.246 e. The second-order valence-corrected chi connectivity index (χ2v) is 11.9. The third-order valence-corrected chi connectivity index (χ3v) is 9.44. The maximum Gasteiger partial charge on any atom is 0.246 e. The highest BCUT2D eigenvalue weighted by molar-refractivity contribution is 6.02. The van der Waals surface area contributed by atoms with E-state index in [9.17, 15) is 14.4 Å². The second-order valence-electron chi connectivity index (χ2n) is 11.9. The molecule has 2 bridgehead atoms. The summed E-state index contributed by atoms with van der Waals surface area (Å²) in [6.45, 7) is 6.68. The van der Waals surface area contributed by atoms with Crippen LogP contribution < -0.4 is 10.6 Å². The lowest BCUT2D eigenvalue weighted by Crippen LogP contribution is -2.57. The van der Waals surface area contributed by atoms with E-state index < -0.39 is 29.6 Å². The standard InChI is InChI=1S/C32H37N3O4/c1-19-9-7-13-23(17-19)33-29(36)26-25-15-16-32(39-25)27(26)31(38)35(18-22-11-5-4-6-12-22)28(32)30(37)34-24-14-8-10-20(2)21(24)3/h4-7,9,11-13,15-17,20-21,24-28H,8,10,14,18H2,1-3H3,(H,33,36)(H,34,37)/t20-,21+,24+,25+,26-,27+,28+,32+/m0/s1. The molecule has 39 heavy (non-hydrogen) atoms. The predicted molar refractivity (Wildman–Crippen MR) is 148 cm³/mol. The van der Waals surface area contributed by atoms with Gasteiger partial charge in [-0.25, -0.2) is 0 Å². The minimum Gasteiger partial charge on any atom is -0.359 e. The number of carbonyl (C=O) groups excluding carboxylic acids is 3. The molecule has 6 rings (SSSR count). The van der Waals surface area contributed by atoms with Crippen LogP contribution in [0.4, 0.5) is 5.69 Å². The lowest BCUT2D eigenvalue weighted by atomic mass is 9.73. The first-order valence-electron chi connectivity index (χ1n) is 14.2. The maximum atomic E-state index is 14.2. The van der Waals surface area contributed by atoms with Crippen LogP contribution in [0.25, 0.3) is 0 Å². The Labute approximate surface area is 230 Å². The molecule has 0 aromatic heterocycles. The first kappa shape index (κ1) is 25.8. The summed E-state index contributed by atoms with van der Waals surface area (Å²) in [5.41, 5.74) is 1.47. The Morgan fingerprint density at radius 1 is 1.05 bits per heavy atom. The Hall–Kier alpha value is -3.45. The third kappa shape index (κ3) is 4.37. The van der Waals surface area contributed by atoms with Gasteiger partial charge in [-0.15, -0.1) is 0 Å². The molecular weight excluding hydrogens is 490 g/mol. The van der Waals surface area contributed by atoms with Crippen LogP contribution in [0.3, 0.4) is 0 Å². The van der Waals surface area contributed by atoms with Crippen molar-refractivity contribution in [1.82, 2.24) is 10.2 Å². The van der Waals surface area contributed by atoms with Crippen molar-refractivity contribution >= 4 is 23.4 Å². The molecule has 3 aliphatic heterocycles. The molecule has 7 heteroatoms. The van der Waals surface area contributed by atoms with Gasteiger partial charge < -0.3 is 20.3 Å². The van der Waals surface area contributed by atoms with Crippen LogP contribution in [0.1, 0.15) is 44.2 Å². The molecule has 2 aromatic carbocycles. The Kier molecular flexibility index (Phi) is 6.58. The van der Waals surface area contributed by atoms with Gasteiger partial charge in [-0.3, -0.25) is 14.4 Å². The van der Waals surface area contributed by atoms with E-state index in [-0.39, 0.29) is 30.3 Å². The summed E-state index contributed by atoms with van der Waals surface area (Å²) in [6, 6.07) is 16.5. The van der Waals surface area contributed by atoms with Gasteiger partial charge in [0.25, 0.3) is 0 Å². The summed E-state index contributed by atoms with van der Waals surface area (Å²) < 4.78 is 6.49. The van der Waals surface area contributed by atoms with E-state index in [4.69, 9.17) is 4.74 Å². The highest BCUT2D eigenvalue weighted by Crippen LogP contribution is 2.55. The Morgan fingerprint density at radius 3 is 2.62 bits per heavy atom. The Balaban J connectivity index is 1.33. The number of aryl methyl sites for hydroxylation is 1. The molecule has 1 spiro atoms. The summed E-state index contributed by atoms with van der Waals surface area (Å²) in [5.74, 6) is -1.27. The van der Waals surface area contributed by atoms with Crippen LogP contribution in [-0.2, 0) is 25.7 Å². The monoisotopic (exact) mass is 527 g/mol. The number of likely N-dealkylation sites (tertiary alicyclic amines) is 1. The lowest BCUT2D eigenvalue weighted by Gasteiger charge is -2.38. The van der Waals surface area contributed by atoms with E-state index in [2.05, 4.69) is 24.5 Å². The fourth-order valence-electron chi connectivity index (χ4n) is 7.21. The number of hydrogen-bond donors (Lipinski definition) is 2. The molecule has 3 amide bonds. The van der Waals surface area contributed by atoms with E-state index in [1.54, 1.807) is 4.90 Å². The first-order chi connectivity index (χ1) is 18.8. The van der Waals surface area contributed by atoms with Gasteiger partial charge in [0.15, 0.2) is 0 Å². The van der Waals surface area contributed by atoms with Crippen LogP contribution in [0, 0.1) is 30.6 Å². The topological polar surface area (TPSA) is 87.7 Å². The minimum atomic E-state index is -1.17. The number of carbonyl (C=O) groups is 3. The zero-order chi connectivity index (χ0) is 27.3. The second kappa shape index (κ2) is 9.94. The number of fused-ring (bicyclic) bond motifs is 1. The van der Waals surface area contributed by atoms with Crippen LogP contribution in [0.15, 0.2) is 66.7 Å². The summed E-state index contributed by atoms with van der Waals surface area (Å²) in [6.07, 6.45) is 6.34. The van der Waals surface area contributed by atoms with Crippen LogP contribution in [0.2, 0.25) is 0 Å². The van der Waals surface area contributed by atoms with Crippen molar-refractivity contribution in [2.24, 2.45) is 23.7 Å². The first-order valence-corrected chi connectivity index (χ1v) is 14.2. The van der Waals surface area contributed by atoms with Gasteiger partial charge in [0.2, 0.25) is 17.7 Å². The molecular formula is C32H37N3O4. The molecule has 1 aliphatic carbocycles. The number of amides is 3. The average molecular weight is 528 g/mol. The normalized spacial score (nSPS) is 34.7. The number of hydrogen-bond acceptors (Lipinski definition) is 4. The predicted octanol–water partition coefficient (Wildman–Crippen LogP) is 4.23. The van der Waals surface area contributed by atoms with E-state index >= 15 is 0 Å². The third-order valence-electron chi connectivity index (χ3n) is 9.44. The molecule has 2 N–H and O–H groups in total. The molecule has 7 nitrogen and oxygen atoms in total. The van der Waals surface area contributed by atoms with Crippen molar-refractivity contribution in [3.05, 3.63) is 77.9 Å². The van der Waals surface area contributed by atoms with Crippen molar-refractivity contribution in [3.8, 4) is 0 Å². The molecule has 3 heterocycles. The van der Waals surface area contributed by atoms with Gasteiger partial charge in [0.1, 0.15) is 11.6 Å². The van der Waals surface area contributed by atoms with Crippen LogP contribution in [-0.4, -0.2) is 46.4 Å². The van der Waals surface area contributed by atoms with E-state index in [1.807, 2.05) is 73.7 Å².